The molecule has 0 amide bonds. The molecule has 2 rings (SSSR count). The second-order valence-electron chi connectivity index (χ2n) is 4.16. The van der Waals surface area contributed by atoms with Gasteiger partial charge in [-0.3, -0.25) is 0 Å². The van der Waals surface area contributed by atoms with Gasteiger partial charge in [-0.25, -0.2) is 0 Å². The van der Waals surface area contributed by atoms with E-state index >= 15 is 0 Å². The van der Waals surface area contributed by atoms with Crippen molar-refractivity contribution >= 4 is 0 Å². The van der Waals surface area contributed by atoms with Crippen molar-refractivity contribution in [2.45, 2.75) is 19.4 Å². The summed E-state index contributed by atoms with van der Waals surface area (Å²) >= 11 is 0. The molecule has 1 aromatic rings. The maximum absolute atomic E-state index is 9.65. The predicted octanol–water partition coefficient (Wildman–Crippen LogP) is 1.56. The van der Waals surface area contributed by atoms with Crippen LogP contribution >= 0.6 is 0 Å². The Kier molecular flexibility index (Phi) is 2.89. The maximum atomic E-state index is 9.65. The minimum absolute atomic E-state index is 0.515. The van der Waals surface area contributed by atoms with Gasteiger partial charge in [0.05, 0.1) is 6.26 Å². The van der Waals surface area contributed by atoms with E-state index in [0.717, 1.165) is 18.4 Å². The third-order valence-corrected chi connectivity index (χ3v) is 2.89. The molecule has 0 aromatic carbocycles. The van der Waals surface area contributed by atoms with Crippen LogP contribution in [-0.2, 0) is 0 Å². The molecule has 1 aliphatic rings. The maximum Gasteiger partial charge on any atom is 0.133 e. The van der Waals surface area contributed by atoms with Crippen molar-refractivity contribution in [2.24, 2.45) is 11.8 Å². The molecule has 0 radical (unpaired) electrons. The molecule has 0 spiro atoms. The van der Waals surface area contributed by atoms with Gasteiger partial charge in [0.2, 0.25) is 0 Å². The first kappa shape index (κ1) is 9.74. The van der Waals surface area contributed by atoms with E-state index in [2.05, 4.69) is 12.2 Å². The zero-order chi connectivity index (χ0) is 9.97. The van der Waals surface area contributed by atoms with Crippen LogP contribution in [-0.4, -0.2) is 18.2 Å². The molecule has 3 heteroatoms. The Hall–Kier alpha value is -0.800. The summed E-state index contributed by atoms with van der Waals surface area (Å²) in [5.74, 6) is 2.32. The summed E-state index contributed by atoms with van der Waals surface area (Å²) in [6, 6.07) is 3.59. The van der Waals surface area contributed by atoms with Crippen molar-refractivity contribution < 1.29 is 9.52 Å². The third kappa shape index (κ3) is 2.36. The fourth-order valence-electron chi connectivity index (χ4n) is 1.67. The van der Waals surface area contributed by atoms with Gasteiger partial charge in [0, 0.05) is 6.54 Å². The summed E-state index contributed by atoms with van der Waals surface area (Å²) in [7, 11) is 0. The van der Waals surface area contributed by atoms with Gasteiger partial charge < -0.3 is 14.8 Å². The Morgan fingerprint density at radius 2 is 2.50 bits per heavy atom. The first-order valence-electron chi connectivity index (χ1n) is 5.19. The van der Waals surface area contributed by atoms with E-state index in [-0.39, 0.29) is 0 Å². The highest BCUT2D eigenvalue weighted by molar-refractivity contribution is 5.02. The Morgan fingerprint density at radius 1 is 1.71 bits per heavy atom. The van der Waals surface area contributed by atoms with Crippen LogP contribution in [0.1, 0.15) is 25.2 Å². The molecule has 78 valence electrons. The van der Waals surface area contributed by atoms with Gasteiger partial charge in [-0.1, -0.05) is 6.92 Å². The minimum atomic E-state index is -0.515. The first-order chi connectivity index (χ1) is 6.77. The van der Waals surface area contributed by atoms with Crippen LogP contribution in [0.25, 0.3) is 0 Å². The van der Waals surface area contributed by atoms with Gasteiger partial charge in [0.1, 0.15) is 11.9 Å². The largest absolute Gasteiger partial charge is 0.467 e. The average molecular weight is 195 g/mol. The summed E-state index contributed by atoms with van der Waals surface area (Å²) in [6.45, 7) is 3.85. The first-order valence-corrected chi connectivity index (χ1v) is 5.19. The van der Waals surface area contributed by atoms with E-state index in [4.69, 9.17) is 4.42 Å². The van der Waals surface area contributed by atoms with Crippen molar-refractivity contribution in [3.05, 3.63) is 24.2 Å². The Balaban J connectivity index is 1.65. The minimum Gasteiger partial charge on any atom is -0.467 e. The Bertz CT molecular complexity index is 271. The highest BCUT2D eigenvalue weighted by Gasteiger charge is 2.31. The molecule has 0 bridgehead atoms. The molecular formula is C11H17NO2. The van der Waals surface area contributed by atoms with E-state index in [0.29, 0.717) is 12.3 Å². The monoisotopic (exact) mass is 195 g/mol. The lowest BCUT2D eigenvalue weighted by molar-refractivity contribution is 0.147. The van der Waals surface area contributed by atoms with Gasteiger partial charge in [0.25, 0.3) is 0 Å². The summed E-state index contributed by atoms with van der Waals surface area (Å²) in [6.07, 6.45) is 2.39. The molecule has 0 saturated heterocycles. The summed E-state index contributed by atoms with van der Waals surface area (Å²) in [4.78, 5) is 0. The Labute approximate surface area is 84.1 Å². The number of aliphatic hydroxyl groups excluding tert-OH is 1. The molecule has 1 saturated carbocycles. The zero-order valence-electron chi connectivity index (χ0n) is 8.44. The van der Waals surface area contributed by atoms with Crippen molar-refractivity contribution in [1.29, 1.82) is 0 Å². The summed E-state index contributed by atoms with van der Waals surface area (Å²) in [5, 5.41) is 12.9. The van der Waals surface area contributed by atoms with E-state index in [1.807, 2.05) is 0 Å². The molecule has 1 heterocycles. The van der Waals surface area contributed by atoms with Crippen molar-refractivity contribution in [2.75, 3.05) is 13.1 Å². The van der Waals surface area contributed by atoms with Gasteiger partial charge in [0.15, 0.2) is 0 Å². The number of hydrogen-bond acceptors (Lipinski definition) is 3. The van der Waals surface area contributed by atoms with Gasteiger partial charge >= 0.3 is 0 Å². The van der Waals surface area contributed by atoms with Crippen molar-refractivity contribution in [3.8, 4) is 0 Å². The molecule has 1 fully saturated rings. The fourth-order valence-corrected chi connectivity index (χ4v) is 1.67. The molecule has 3 nitrogen and oxygen atoms in total. The van der Waals surface area contributed by atoms with Crippen LogP contribution in [0.3, 0.4) is 0 Å². The lowest BCUT2D eigenvalue weighted by Crippen LogP contribution is -2.23. The number of rotatable bonds is 5. The number of furan rings is 1. The Morgan fingerprint density at radius 3 is 3.07 bits per heavy atom. The SMILES string of the molecule is CC1CC1CNCC(O)c1ccco1. The second-order valence-corrected chi connectivity index (χ2v) is 4.16. The predicted molar refractivity (Wildman–Crippen MR) is 53.8 cm³/mol. The van der Waals surface area contributed by atoms with Gasteiger partial charge in [-0.2, -0.15) is 0 Å². The normalized spacial score (nSPS) is 27.6. The quantitative estimate of drug-likeness (QED) is 0.749. The van der Waals surface area contributed by atoms with E-state index < -0.39 is 6.10 Å². The van der Waals surface area contributed by atoms with E-state index in [9.17, 15) is 5.11 Å². The van der Waals surface area contributed by atoms with Crippen LogP contribution in [0, 0.1) is 11.8 Å². The van der Waals surface area contributed by atoms with Crippen LogP contribution in [0.15, 0.2) is 22.8 Å². The van der Waals surface area contributed by atoms with Crippen LogP contribution in [0.2, 0.25) is 0 Å². The molecule has 3 unspecified atom stereocenters. The standard InChI is InChI=1S/C11H17NO2/c1-8-5-9(8)6-12-7-10(13)11-3-2-4-14-11/h2-4,8-10,12-13H,5-7H2,1H3. The van der Waals surface area contributed by atoms with Crippen molar-refractivity contribution in [1.82, 2.24) is 5.32 Å². The topological polar surface area (TPSA) is 45.4 Å². The van der Waals surface area contributed by atoms with Crippen LogP contribution in [0.4, 0.5) is 0 Å². The third-order valence-electron chi connectivity index (χ3n) is 2.89. The average Bonchev–Trinajstić information content (AvgIpc) is 2.72. The van der Waals surface area contributed by atoms with E-state index in [1.54, 1.807) is 18.4 Å². The molecule has 1 aromatic heterocycles. The molecule has 1 aliphatic carbocycles. The highest BCUT2D eigenvalue weighted by atomic mass is 16.4. The summed E-state index contributed by atoms with van der Waals surface area (Å²) < 4.78 is 5.10. The molecule has 3 atom stereocenters. The van der Waals surface area contributed by atoms with Crippen LogP contribution < -0.4 is 5.32 Å². The number of hydrogen-bond donors (Lipinski definition) is 2. The highest BCUT2D eigenvalue weighted by Crippen LogP contribution is 2.36. The van der Waals surface area contributed by atoms with Crippen molar-refractivity contribution in [3.63, 3.8) is 0 Å². The summed E-state index contributed by atoms with van der Waals surface area (Å²) in [5.41, 5.74) is 0. The smallest absolute Gasteiger partial charge is 0.133 e. The van der Waals surface area contributed by atoms with E-state index in [1.165, 1.54) is 6.42 Å². The number of nitrogens with one attached hydrogen (secondary N) is 1. The molecule has 0 aliphatic heterocycles. The zero-order valence-corrected chi connectivity index (χ0v) is 8.44. The lowest BCUT2D eigenvalue weighted by atomic mass is 10.2. The van der Waals surface area contributed by atoms with Gasteiger partial charge in [-0.05, 0) is 36.9 Å². The van der Waals surface area contributed by atoms with Gasteiger partial charge in [-0.15, -0.1) is 0 Å². The second kappa shape index (κ2) is 4.15. The molecule has 14 heavy (non-hydrogen) atoms. The fraction of sp³-hybridized carbons (Fsp3) is 0.636. The lowest BCUT2D eigenvalue weighted by Gasteiger charge is -2.08. The molecular weight excluding hydrogens is 178 g/mol. The number of aliphatic hydroxyl groups is 1. The molecule has 2 N–H and O–H groups in total. The van der Waals surface area contributed by atoms with Crippen LogP contribution in [0.5, 0.6) is 0 Å².